The van der Waals surface area contributed by atoms with E-state index in [1.54, 1.807) is 18.2 Å². The molecular weight excluding hydrogens is 248 g/mol. The van der Waals surface area contributed by atoms with Gasteiger partial charge in [-0.1, -0.05) is 30.3 Å². The van der Waals surface area contributed by atoms with Crippen LogP contribution in [-0.2, 0) is 4.79 Å². The van der Waals surface area contributed by atoms with Crippen LogP contribution in [0.1, 0.15) is 10.4 Å². The molecule has 1 aromatic rings. The molecule has 0 bridgehead atoms. The summed E-state index contributed by atoms with van der Waals surface area (Å²) in [7, 11) is 0. The predicted octanol–water partition coefficient (Wildman–Crippen LogP) is 0.542. The highest BCUT2D eigenvalue weighted by molar-refractivity contribution is 6.05. The van der Waals surface area contributed by atoms with E-state index in [1.165, 1.54) is 12.1 Å². The smallest absolute Gasteiger partial charge is 0.335 e. The van der Waals surface area contributed by atoms with Gasteiger partial charge in [0.05, 0.1) is 5.57 Å². The number of carboxylic acid groups (broad SMARTS) is 1. The molecule has 0 aliphatic heterocycles. The van der Waals surface area contributed by atoms with Crippen molar-refractivity contribution in [1.29, 1.82) is 0 Å². The number of carbonyl (C=O) groups excluding carboxylic acids is 1. The molecule has 98 valence electrons. The van der Waals surface area contributed by atoms with Crippen LogP contribution in [0.25, 0.3) is 0 Å². The summed E-state index contributed by atoms with van der Waals surface area (Å²) in [4.78, 5) is 22.9. The Labute approximate surface area is 109 Å². The number of ketones is 1. The first-order valence-corrected chi connectivity index (χ1v) is 5.60. The lowest BCUT2D eigenvalue weighted by molar-refractivity contribution is -0.132. The summed E-state index contributed by atoms with van der Waals surface area (Å²) in [6.45, 7) is 0. The Morgan fingerprint density at radius 2 is 1.79 bits per heavy atom. The molecule has 1 aliphatic carbocycles. The molecule has 1 aliphatic rings. The summed E-state index contributed by atoms with van der Waals surface area (Å²) >= 11 is 0. The van der Waals surface area contributed by atoms with Crippen molar-refractivity contribution in [2.24, 2.45) is 0 Å². The second-order valence-electron chi connectivity index (χ2n) is 4.23. The average molecular weight is 260 g/mol. The van der Waals surface area contributed by atoms with Gasteiger partial charge in [0.1, 0.15) is 6.10 Å². The summed E-state index contributed by atoms with van der Waals surface area (Å²) in [6.07, 6.45) is 1.46. The molecule has 3 N–H and O–H groups in total. The van der Waals surface area contributed by atoms with Gasteiger partial charge in [0.15, 0.2) is 5.60 Å². The Morgan fingerprint density at radius 3 is 2.32 bits per heavy atom. The van der Waals surface area contributed by atoms with Crippen LogP contribution >= 0.6 is 0 Å². The predicted molar refractivity (Wildman–Crippen MR) is 66.6 cm³/mol. The van der Waals surface area contributed by atoms with Crippen LogP contribution in [0.15, 0.2) is 54.1 Å². The van der Waals surface area contributed by atoms with E-state index in [4.69, 9.17) is 5.11 Å². The van der Waals surface area contributed by atoms with Gasteiger partial charge in [-0.05, 0) is 18.2 Å². The maximum absolute atomic E-state index is 12.2. The lowest BCUT2D eigenvalue weighted by atomic mass is 9.83. The van der Waals surface area contributed by atoms with Crippen LogP contribution in [0.3, 0.4) is 0 Å². The van der Waals surface area contributed by atoms with Crippen molar-refractivity contribution >= 4 is 11.8 Å². The van der Waals surface area contributed by atoms with Gasteiger partial charge < -0.3 is 15.3 Å². The molecule has 0 amide bonds. The van der Waals surface area contributed by atoms with Gasteiger partial charge in [0, 0.05) is 5.56 Å². The molecule has 5 nitrogen and oxygen atoms in total. The number of carboxylic acids is 1. The monoisotopic (exact) mass is 260 g/mol. The fourth-order valence-corrected chi connectivity index (χ4v) is 1.84. The minimum absolute atomic E-state index is 0.168. The van der Waals surface area contributed by atoms with Crippen LogP contribution in [0, 0.1) is 0 Å². The summed E-state index contributed by atoms with van der Waals surface area (Å²) < 4.78 is 0. The van der Waals surface area contributed by atoms with Crippen molar-refractivity contribution in [1.82, 2.24) is 0 Å². The van der Waals surface area contributed by atoms with Crippen molar-refractivity contribution < 1.29 is 24.9 Å². The Balaban J connectivity index is 2.34. The van der Waals surface area contributed by atoms with Crippen LogP contribution < -0.4 is 0 Å². The lowest BCUT2D eigenvalue weighted by Crippen LogP contribution is -2.48. The van der Waals surface area contributed by atoms with E-state index >= 15 is 0 Å². The largest absolute Gasteiger partial charge is 0.478 e. The number of hydrogen-bond acceptors (Lipinski definition) is 4. The maximum Gasteiger partial charge on any atom is 0.335 e. The molecule has 0 saturated carbocycles. The van der Waals surface area contributed by atoms with Gasteiger partial charge in [-0.3, -0.25) is 4.79 Å². The highest BCUT2D eigenvalue weighted by Crippen LogP contribution is 2.26. The fourth-order valence-electron chi connectivity index (χ4n) is 1.84. The molecule has 0 saturated heterocycles. The molecule has 0 spiro atoms. The van der Waals surface area contributed by atoms with E-state index < -0.39 is 23.5 Å². The molecule has 5 heteroatoms. The Kier molecular flexibility index (Phi) is 3.33. The van der Waals surface area contributed by atoms with E-state index in [1.807, 2.05) is 0 Å². The van der Waals surface area contributed by atoms with Crippen molar-refractivity contribution in [2.75, 3.05) is 0 Å². The third kappa shape index (κ3) is 2.33. The highest BCUT2D eigenvalue weighted by atomic mass is 16.4. The van der Waals surface area contributed by atoms with E-state index in [0.717, 1.165) is 18.2 Å². The summed E-state index contributed by atoms with van der Waals surface area (Å²) in [6, 6.07) is 8.01. The number of carbonyl (C=O) groups is 2. The van der Waals surface area contributed by atoms with Gasteiger partial charge in [0.25, 0.3) is 0 Å². The number of Topliss-reactive ketones (excluding diaryl/α,β-unsaturated/α-hetero) is 1. The van der Waals surface area contributed by atoms with Gasteiger partial charge >= 0.3 is 5.97 Å². The van der Waals surface area contributed by atoms with E-state index in [-0.39, 0.29) is 11.1 Å². The van der Waals surface area contributed by atoms with Crippen LogP contribution in [-0.4, -0.2) is 38.8 Å². The molecule has 19 heavy (non-hydrogen) atoms. The van der Waals surface area contributed by atoms with Gasteiger partial charge in [-0.15, -0.1) is 0 Å². The van der Waals surface area contributed by atoms with Crippen molar-refractivity contribution in [3.63, 3.8) is 0 Å². The second-order valence-corrected chi connectivity index (χ2v) is 4.23. The second kappa shape index (κ2) is 4.79. The minimum atomic E-state index is -2.14. The molecule has 1 aromatic carbocycles. The zero-order chi connectivity index (χ0) is 14.0. The van der Waals surface area contributed by atoms with Crippen molar-refractivity contribution in [3.05, 3.63) is 59.7 Å². The summed E-state index contributed by atoms with van der Waals surface area (Å²) in [5.74, 6) is -1.91. The topological polar surface area (TPSA) is 94.8 Å². The van der Waals surface area contributed by atoms with Gasteiger partial charge in [-0.2, -0.15) is 0 Å². The van der Waals surface area contributed by atoms with E-state index in [9.17, 15) is 19.8 Å². The van der Waals surface area contributed by atoms with Gasteiger partial charge in [-0.25, -0.2) is 4.79 Å². The van der Waals surface area contributed by atoms with E-state index in [2.05, 4.69) is 0 Å². The lowest BCUT2D eigenvalue weighted by Gasteiger charge is -2.29. The number of aliphatic hydroxyl groups excluding tert-OH is 1. The molecule has 2 unspecified atom stereocenters. The molecule has 0 heterocycles. The first-order chi connectivity index (χ1) is 8.95. The molecule has 2 rings (SSSR count). The molecule has 0 radical (unpaired) electrons. The quantitative estimate of drug-likeness (QED) is 0.689. The van der Waals surface area contributed by atoms with Crippen LogP contribution in [0.4, 0.5) is 0 Å². The number of benzene rings is 1. The van der Waals surface area contributed by atoms with Crippen LogP contribution in [0.2, 0.25) is 0 Å². The maximum atomic E-state index is 12.2. The number of aliphatic carboxylic acids is 1. The SMILES string of the molecule is O=C(O)C1=CC(O)C(O)(C(=O)c2ccccc2)C=C1. The summed E-state index contributed by atoms with van der Waals surface area (Å²) in [5.41, 5.74) is -2.07. The molecule has 2 atom stereocenters. The third-order valence-corrected chi connectivity index (χ3v) is 2.95. The standard InChI is InChI=1S/C14H12O5/c15-11-8-10(13(17)18)6-7-14(11,19)12(16)9-4-2-1-3-5-9/h1-8,11,15,19H,(H,17,18). The van der Waals surface area contributed by atoms with Crippen molar-refractivity contribution in [3.8, 4) is 0 Å². The van der Waals surface area contributed by atoms with E-state index in [0.29, 0.717) is 0 Å². The number of aliphatic hydroxyl groups is 2. The number of rotatable bonds is 3. The van der Waals surface area contributed by atoms with Gasteiger partial charge in [0.2, 0.25) is 5.78 Å². The van der Waals surface area contributed by atoms with Crippen LogP contribution in [0.5, 0.6) is 0 Å². The summed E-state index contributed by atoms with van der Waals surface area (Å²) in [5, 5.41) is 28.8. The zero-order valence-electron chi connectivity index (χ0n) is 9.85. The highest BCUT2D eigenvalue weighted by Gasteiger charge is 2.42. The Morgan fingerprint density at radius 1 is 1.16 bits per heavy atom. The molecule has 0 aromatic heterocycles. The normalized spacial score (nSPS) is 25.8. The molecule has 0 fully saturated rings. The Bertz CT molecular complexity index is 573. The van der Waals surface area contributed by atoms with Crippen molar-refractivity contribution in [2.45, 2.75) is 11.7 Å². The zero-order valence-corrected chi connectivity index (χ0v) is 9.85. The first kappa shape index (κ1) is 13.2. The first-order valence-electron chi connectivity index (χ1n) is 5.60. The average Bonchev–Trinajstić information content (AvgIpc) is 2.42. The number of hydrogen-bond donors (Lipinski definition) is 3. The molecular formula is C14H12O5. The third-order valence-electron chi connectivity index (χ3n) is 2.95. The fraction of sp³-hybridized carbons (Fsp3) is 0.143. The minimum Gasteiger partial charge on any atom is -0.478 e. The Hall–Kier alpha value is -2.24.